The van der Waals surface area contributed by atoms with Gasteiger partial charge >= 0.3 is 5.69 Å². The summed E-state index contributed by atoms with van der Waals surface area (Å²) in [5.74, 6) is 0.0450. The molecule has 2 heterocycles. The van der Waals surface area contributed by atoms with Crippen LogP contribution in [0, 0.1) is 0 Å². The summed E-state index contributed by atoms with van der Waals surface area (Å²) in [6.45, 7) is 6.14. The Morgan fingerprint density at radius 3 is 2.55 bits per heavy atom. The van der Waals surface area contributed by atoms with Gasteiger partial charge in [0.1, 0.15) is 0 Å². The fraction of sp³-hybridized carbons (Fsp3) is 0.440. The van der Waals surface area contributed by atoms with Crippen molar-refractivity contribution in [2.24, 2.45) is 14.1 Å². The topological polar surface area (TPSA) is 59.3 Å². The zero-order valence-electron chi connectivity index (χ0n) is 18.9. The van der Waals surface area contributed by atoms with Gasteiger partial charge in [0.2, 0.25) is 5.91 Å². The fourth-order valence-corrected chi connectivity index (χ4v) is 4.58. The van der Waals surface area contributed by atoms with Gasteiger partial charge in [0, 0.05) is 45.3 Å². The number of aromatic nitrogens is 2. The fourth-order valence-electron chi connectivity index (χ4n) is 4.58. The molecule has 1 amide bonds. The molecule has 3 aromatic rings. The average Bonchev–Trinajstić information content (AvgIpc) is 2.99. The first-order valence-electron chi connectivity index (χ1n) is 11.1. The zero-order valence-corrected chi connectivity index (χ0v) is 18.9. The predicted octanol–water partition coefficient (Wildman–Crippen LogP) is 3.29. The highest BCUT2D eigenvalue weighted by molar-refractivity contribution is 5.78. The number of imidazole rings is 1. The molecular formula is C25H32N4O2. The van der Waals surface area contributed by atoms with Crippen molar-refractivity contribution >= 4 is 22.6 Å². The summed E-state index contributed by atoms with van der Waals surface area (Å²) < 4.78 is 3.29. The minimum Gasteiger partial charge on any atom is -0.369 e. The van der Waals surface area contributed by atoms with Gasteiger partial charge in [-0.1, -0.05) is 18.2 Å². The number of rotatable bonds is 6. The average molecular weight is 421 g/mol. The minimum absolute atomic E-state index is 0.0357. The molecule has 0 unspecified atom stereocenters. The standard InChI is InChI=1S/C25H32N4O2/c1-17(2)29-13-5-6-20-14-19(8-10-21(20)29)16-26-24(30)12-9-18-7-11-22-23(15-18)28(4)25(31)27(22)3/h7-8,10-11,14-15,17H,5-6,9,12-13,16H2,1-4H3,(H,26,30). The monoisotopic (exact) mass is 420 g/mol. The van der Waals surface area contributed by atoms with E-state index in [1.54, 1.807) is 23.2 Å². The summed E-state index contributed by atoms with van der Waals surface area (Å²) in [5.41, 5.74) is 6.70. The Hall–Kier alpha value is -3.02. The number of benzene rings is 2. The highest BCUT2D eigenvalue weighted by Crippen LogP contribution is 2.29. The van der Waals surface area contributed by atoms with Crippen LogP contribution in [0.5, 0.6) is 0 Å². The largest absolute Gasteiger partial charge is 0.369 e. The molecule has 0 bridgehead atoms. The first-order chi connectivity index (χ1) is 14.8. The number of nitrogens with zero attached hydrogens (tertiary/aromatic N) is 3. The minimum atomic E-state index is -0.0357. The van der Waals surface area contributed by atoms with Gasteiger partial charge in [-0.25, -0.2) is 4.79 Å². The van der Waals surface area contributed by atoms with E-state index in [-0.39, 0.29) is 11.6 Å². The number of amides is 1. The number of fused-ring (bicyclic) bond motifs is 2. The lowest BCUT2D eigenvalue weighted by atomic mass is 9.98. The summed E-state index contributed by atoms with van der Waals surface area (Å²) >= 11 is 0. The van der Waals surface area contributed by atoms with E-state index in [0.29, 0.717) is 25.4 Å². The van der Waals surface area contributed by atoms with Gasteiger partial charge in [-0.3, -0.25) is 13.9 Å². The smallest absolute Gasteiger partial charge is 0.328 e. The van der Waals surface area contributed by atoms with Crippen molar-refractivity contribution in [3.05, 3.63) is 63.6 Å². The Morgan fingerprint density at radius 1 is 1.03 bits per heavy atom. The van der Waals surface area contributed by atoms with Crippen LogP contribution in [0.25, 0.3) is 11.0 Å². The Bertz CT molecular complexity index is 1170. The molecule has 1 N–H and O–H groups in total. The number of nitrogens with one attached hydrogen (secondary N) is 1. The van der Waals surface area contributed by atoms with Crippen LogP contribution in [0.4, 0.5) is 5.69 Å². The van der Waals surface area contributed by atoms with Crippen molar-refractivity contribution in [3.8, 4) is 0 Å². The highest BCUT2D eigenvalue weighted by atomic mass is 16.2. The summed E-state index contributed by atoms with van der Waals surface area (Å²) in [5, 5.41) is 3.06. The molecule has 6 heteroatoms. The molecule has 31 heavy (non-hydrogen) atoms. The maximum atomic E-state index is 12.4. The van der Waals surface area contributed by atoms with Crippen LogP contribution in [0.15, 0.2) is 41.2 Å². The van der Waals surface area contributed by atoms with Gasteiger partial charge in [-0.15, -0.1) is 0 Å². The van der Waals surface area contributed by atoms with E-state index in [9.17, 15) is 9.59 Å². The molecule has 1 aliphatic heterocycles. The number of hydrogen-bond donors (Lipinski definition) is 1. The normalized spacial score (nSPS) is 13.6. The SMILES string of the molecule is CC(C)N1CCCc2cc(CNC(=O)CCc3ccc4c(c3)n(C)c(=O)n4C)ccc21. The number of carbonyl (C=O) groups excluding carboxylic acids is 1. The van der Waals surface area contributed by atoms with E-state index in [0.717, 1.165) is 35.1 Å². The van der Waals surface area contributed by atoms with E-state index in [1.807, 2.05) is 18.2 Å². The first kappa shape index (κ1) is 21.2. The van der Waals surface area contributed by atoms with Gasteiger partial charge < -0.3 is 10.2 Å². The van der Waals surface area contributed by atoms with Crippen LogP contribution < -0.4 is 15.9 Å². The van der Waals surface area contributed by atoms with Crippen LogP contribution in [0.2, 0.25) is 0 Å². The summed E-state index contributed by atoms with van der Waals surface area (Å²) in [4.78, 5) is 27.0. The van der Waals surface area contributed by atoms with E-state index in [1.165, 1.54) is 17.7 Å². The molecule has 0 aliphatic carbocycles. The molecule has 6 nitrogen and oxygen atoms in total. The van der Waals surface area contributed by atoms with Gasteiger partial charge in [-0.05, 0) is 68.0 Å². The first-order valence-corrected chi connectivity index (χ1v) is 11.1. The quantitative estimate of drug-likeness (QED) is 0.666. The molecule has 1 aliphatic rings. The van der Waals surface area contributed by atoms with Crippen LogP contribution in [-0.2, 0) is 38.3 Å². The second-order valence-corrected chi connectivity index (χ2v) is 8.85. The van der Waals surface area contributed by atoms with Gasteiger partial charge in [0.15, 0.2) is 0 Å². The molecule has 1 aromatic heterocycles. The molecule has 2 aromatic carbocycles. The van der Waals surface area contributed by atoms with Crippen molar-refractivity contribution in [1.82, 2.24) is 14.5 Å². The molecule has 4 rings (SSSR count). The lowest BCUT2D eigenvalue weighted by Crippen LogP contribution is -2.35. The Balaban J connectivity index is 1.35. The second-order valence-electron chi connectivity index (χ2n) is 8.85. The van der Waals surface area contributed by atoms with Gasteiger partial charge in [-0.2, -0.15) is 0 Å². The highest BCUT2D eigenvalue weighted by Gasteiger charge is 2.19. The van der Waals surface area contributed by atoms with E-state index in [2.05, 4.69) is 42.3 Å². The number of aryl methyl sites for hydroxylation is 4. The molecule has 0 saturated heterocycles. The summed E-state index contributed by atoms with van der Waals surface area (Å²) in [6.07, 6.45) is 3.36. The predicted molar refractivity (Wildman–Crippen MR) is 126 cm³/mol. The van der Waals surface area contributed by atoms with Gasteiger partial charge in [0.25, 0.3) is 0 Å². The van der Waals surface area contributed by atoms with Gasteiger partial charge in [0.05, 0.1) is 11.0 Å². The molecule has 0 saturated carbocycles. The third kappa shape index (κ3) is 4.24. The summed E-state index contributed by atoms with van der Waals surface area (Å²) in [7, 11) is 3.55. The molecular weight excluding hydrogens is 388 g/mol. The van der Waals surface area contributed by atoms with Crippen molar-refractivity contribution < 1.29 is 4.79 Å². The Morgan fingerprint density at radius 2 is 1.77 bits per heavy atom. The van der Waals surface area contributed by atoms with Crippen LogP contribution in [0.1, 0.15) is 43.4 Å². The van der Waals surface area contributed by atoms with Crippen molar-refractivity contribution in [3.63, 3.8) is 0 Å². The number of carbonyl (C=O) groups is 1. The summed E-state index contributed by atoms with van der Waals surface area (Å²) in [6, 6.07) is 13.0. The van der Waals surface area contributed by atoms with Crippen LogP contribution >= 0.6 is 0 Å². The van der Waals surface area contributed by atoms with E-state index >= 15 is 0 Å². The molecule has 0 spiro atoms. The lowest BCUT2D eigenvalue weighted by molar-refractivity contribution is -0.121. The lowest BCUT2D eigenvalue weighted by Gasteiger charge is -2.35. The third-order valence-electron chi connectivity index (χ3n) is 6.39. The van der Waals surface area contributed by atoms with Crippen molar-refractivity contribution in [2.75, 3.05) is 11.4 Å². The van der Waals surface area contributed by atoms with Crippen molar-refractivity contribution in [2.45, 2.75) is 52.1 Å². The maximum Gasteiger partial charge on any atom is 0.328 e. The van der Waals surface area contributed by atoms with Crippen molar-refractivity contribution in [1.29, 1.82) is 0 Å². The van der Waals surface area contributed by atoms with E-state index in [4.69, 9.17) is 0 Å². The number of anilines is 1. The third-order valence-corrected chi connectivity index (χ3v) is 6.39. The zero-order chi connectivity index (χ0) is 22.1. The molecule has 0 radical (unpaired) electrons. The van der Waals surface area contributed by atoms with Crippen LogP contribution in [0.3, 0.4) is 0 Å². The molecule has 0 fully saturated rings. The second kappa shape index (κ2) is 8.61. The Kier molecular flexibility index (Phi) is 5.90. The Labute approximate surface area is 183 Å². The molecule has 0 atom stereocenters. The number of hydrogen-bond acceptors (Lipinski definition) is 3. The van der Waals surface area contributed by atoms with Crippen LogP contribution in [-0.4, -0.2) is 27.6 Å². The molecule has 164 valence electrons. The van der Waals surface area contributed by atoms with E-state index < -0.39 is 0 Å². The maximum absolute atomic E-state index is 12.4.